The second kappa shape index (κ2) is 4.57. The van der Waals surface area contributed by atoms with Crippen LogP contribution in [-0.4, -0.2) is 14.9 Å². The number of nitrogens with zero attached hydrogens (tertiary/aromatic N) is 2. The van der Waals surface area contributed by atoms with Gasteiger partial charge in [-0.15, -0.1) is 0 Å². The molecule has 1 aromatic carbocycles. The Kier molecular flexibility index (Phi) is 3.33. The Balaban J connectivity index is 2.42. The lowest BCUT2D eigenvalue weighted by molar-refractivity contribution is 0.198. The fourth-order valence-electron chi connectivity index (χ4n) is 1.44. The van der Waals surface area contributed by atoms with Crippen molar-refractivity contribution in [2.24, 2.45) is 0 Å². The molecule has 0 amide bonds. The first kappa shape index (κ1) is 11.6. The van der Waals surface area contributed by atoms with E-state index in [4.69, 9.17) is 11.6 Å². The Hall–Kier alpha value is -0.840. The Morgan fingerprint density at radius 1 is 1.50 bits per heavy atom. The van der Waals surface area contributed by atoms with Gasteiger partial charge in [0.15, 0.2) is 0 Å². The van der Waals surface area contributed by atoms with Crippen LogP contribution < -0.4 is 0 Å². The van der Waals surface area contributed by atoms with Crippen LogP contribution in [0.5, 0.6) is 0 Å². The van der Waals surface area contributed by atoms with Crippen molar-refractivity contribution < 1.29 is 5.11 Å². The average Bonchev–Trinajstić information content (AvgIpc) is 2.64. The van der Waals surface area contributed by atoms with Crippen molar-refractivity contribution in [2.45, 2.75) is 13.0 Å². The molecule has 84 valence electrons. The van der Waals surface area contributed by atoms with E-state index in [0.29, 0.717) is 5.02 Å². The van der Waals surface area contributed by atoms with Gasteiger partial charge >= 0.3 is 0 Å². The zero-order valence-corrected chi connectivity index (χ0v) is 10.9. The van der Waals surface area contributed by atoms with E-state index in [9.17, 15) is 5.11 Å². The average molecular weight is 302 g/mol. The molecule has 1 atom stereocenters. The maximum absolute atomic E-state index is 9.50. The quantitative estimate of drug-likeness (QED) is 0.924. The zero-order chi connectivity index (χ0) is 11.7. The Morgan fingerprint density at radius 3 is 2.75 bits per heavy atom. The molecule has 0 saturated carbocycles. The van der Waals surface area contributed by atoms with Crippen LogP contribution in [0.15, 0.2) is 35.1 Å². The highest BCUT2D eigenvalue weighted by atomic mass is 79.9. The monoisotopic (exact) mass is 300 g/mol. The standard InChI is InChI=1S/C11H10BrClN2O/c1-7(16)10-3-2-9(4-11(10)12)15-6-8(13)5-14-15/h2-7,16H,1H3. The largest absolute Gasteiger partial charge is 0.389 e. The van der Waals surface area contributed by atoms with E-state index in [0.717, 1.165) is 15.7 Å². The van der Waals surface area contributed by atoms with Gasteiger partial charge in [0.2, 0.25) is 0 Å². The SMILES string of the molecule is CC(O)c1ccc(-n2cc(Cl)cn2)cc1Br. The van der Waals surface area contributed by atoms with Gasteiger partial charge in [-0.05, 0) is 24.6 Å². The summed E-state index contributed by atoms with van der Waals surface area (Å²) in [5, 5.41) is 14.2. The highest BCUT2D eigenvalue weighted by Crippen LogP contribution is 2.26. The lowest BCUT2D eigenvalue weighted by atomic mass is 10.1. The van der Waals surface area contributed by atoms with Crippen molar-refractivity contribution in [1.29, 1.82) is 0 Å². The summed E-state index contributed by atoms with van der Waals surface area (Å²) in [5.41, 5.74) is 1.74. The molecule has 1 aromatic heterocycles. The van der Waals surface area contributed by atoms with Gasteiger partial charge in [-0.25, -0.2) is 4.68 Å². The number of halogens is 2. The van der Waals surface area contributed by atoms with E-state index in [-0.39, 0.29) is 0 Å². The summed E-state index contributed by atoms with van der Waals surface area (Å²) in [6.45, 7) is 1.73. The summed E-state index contributed by atoms with van der Waals surface area (Å²) < 4.78 is 2.53. The van der Waals surface area contributed by atoms with E-state index < -0.39 is 6.10 Å². The third kappa shape index (κ3) is 2.29. The highest BCUT2D eigenvalue weighted by Gasteiger charge is 2.07. The number of aliphatic hydroxyl groups is 1. The number of rotatable bonds is 2. The van der Waals surface area contributed by atoms with E-state index >= 15 is 0 Å². The van der Waals surface area contributed by atoms with Gasteiger partial charge in [0, 0.05) is 10.7 Å². The van der Waals surface area contributed by atoms with Crippen LogP contribution >= 0.6 is 27.5 Å². The molecular formula is C11H10BrClN2O. The number of aromatic nitrogens is 2. The second-order valence-electron chi connectivity index (χ2n) is 3.48. The number of hydrogen-bond acceptors (Lipinski definition) is 2. The smallest absolute Gasteiger partial charge is 0.0790 e. The third-order valence-electron chi connectivity index (χ3n) is 2.25. The summed E-state index contributed by atoms with van der Waals surface area (Å²) >= 11 is 9.21. The van der Waals surface area contributed by atoms with E-state index in [1.165, 1.54) is 0 Å². The molecule has 0 bridgehead atoms. The van der Waals surface area contributed by atoms with Gasteiger partial charge in [-0.1, -0.05) is 33.6 Å². The van der Waals surface area contributed by atoms with Crippen LogP contribution in [0.1, 0.15) is 18.6 Å². The third-order valence-corrected chi connectivity index (χ3v) is 3.13. The molecule has 0 saturated heterocycles. The van der Waals surface area contributed by atoms with Crippen molar-refractivity contribution in [2.75, 3.05) is 0 Å². The molecular weight excluding hydrogens is 291 g/mol. The van der Waals surface area contributed by atoms with Crippen molar-refractivity contribution in [3.63, 3.8) is 0 Å². The minimum absolute atomic E-state index is 0.496. The zero-order valence-electron chi connectivity index (χ0n) is 8.56. The van der Waals surface area contributed by atoms with Gasteiger partial charge in [0.1, 0.15) is 0 Å². The Morgan fingerprint density at radius 2 is 2.25 bits per heavy atom. The summed E-state index contributed by atoms with van der Waals surface area (Å²) in [6.07, 6.45) is 2.81. The molecule has 1 N–H and O–H groups in total. The molecule has 1 unspecified atom stereocenters. The number of benzene rings is 1. The molecule has 0 aliphatic carbocycles. The van der Waals surface area contributed by atoms with Gasteiger partial charge < -0.3 is 5.11 Å². The second-order valence-corrected chi connectivity index (χ2v) is 4.78. The fraction of sp³-hybridized carbons (Fsp3) is 0.182. The normalized spacial score (nSPS) is 12.8. The van der Waals surface area contributed by atoms with Gasteiger partial charge in [0.05, 0.1) is 23.0 Å². The molecule has 2 rings (SSSR count). The summed E-state index contributed by atoms with van der Waals surface area (Å²) in [6, 6.07) is 5.64. The van der Waals surface area contributed by atoms with Crippen LogP contribution in [0.3, 0.4) is 0 Å². The Bertz CT molecular complexity index is 510. The van der Waals surface area contributed by atoms with Crippen LogP contribution in [0, 0.1) is 0 Å². The minimum Gasteiger partial charge on any atom is -0.389 e. The van der Waals surface area contributed by atoms with Crippen LogP contribution in [0.25, 0.3) is 5.69 Å². The van der Waals surface area contributed by atoms with E-state index in [1.54, 1.807) is 24.0 Å². The number of hydrogen-bond donors (Lipinski definition) is 1. The molecule has 1 heterocycles. The number of aliphatic hydroxyl groups excluding tert-OH is 1. The predicted molar refractivity (Wildman–Crippen MR) is 66.9 cm³/mol. The van der Waals surface area contributed by atoms with Crippen molar-refractivity contribution in [3.05, 3.63) is 45.7 Å². The predicted octanol–water partition coefficient (Wildman–Crippen LogP) is 3.34. The molecule has 2 aromatic rings. The first-order valence-corrected chi connectivity index (χ1v) is 5.93. The molecule has 0 fully saturated rings. The first-order chi connectivity index (χ1) is 7.58. The van der Waals surface area contributed by atoms with Crippen LogP contribution in [0.2, 0.25) is 5.02 Å². The maximum Gasteiger partial charge on any atom is 0.0790 e. The topological polar surface area (TPSA) is 38.0 Å². The minimum atomic E-state index is -0.496. The lowest BCUT2D eigenvalue weighted by Crippen LogP contribution is -1.97. The van der Waals surface area contributed by atoms with Crippen LogP contribution in [0.4, 0.5) is 0 Å². The van der Waals surface area contributed by atoms with E-state index in [1.807, 2.05) is 18.2 Å². The van der Waals surface area contributed by atoms with Crippen LogP contribution in [-0.2, 0) is 0 Å². The molecule has 5 heteroatoms. The molecule has 3 nitrogen and oxygen atoms in total. The summed E-state index contributed by atoms with van der Waals surface area (Å²) in [7, 11) is 0. The molecule has 0 aliphatic rings. The highest BCUT2D eigenvalue weighted by molar-refractivity contribution is 9.10. The van der Waals surface area contributed by atoms with Crippen molar-refractivity contribution >= 4 is 27.5 Å². The fourth-order valence-corrected chi connectivity index (χ4v) is 2.27. The Labute approximate surface area is 107 Å². The summed E-state index contributed by atoms with van der Waals surface area (Å²) in [4.78, 5) is 0. The molecule has 0 spiro atoms. The first-order valence-electron chi connectivity index (χ1n) is 4.76. The molecule has 0 aliphatic heterocycles. The van der Waals surface area contributed by atoms with Gasteiger partial charge in [-0.3, -0.25) is 0 Å². The molecule has 0 radical (unpaired) electrons. The van der Waals surface area contributed by atoms with Gasteiger partial charge in [-0.2, -0.15) is 5.10 Å². The van der Waals surface area contributed by atoms with E-state index in [2.05, 4.69) is 21.0 Å². The maximum atomic E-state index is 9.50. The van der Waals surface area contributed by atoms with Gasteiger partial charge in [0.25, 0.3) is 0 Å². The lowest BCUT2D eigenvalue weighted by Gasteiger charge is -2.09. The van der Waals surface area contributed by atoms with Crippen molar-refractivity contribution in [1.82, 2.24) is 9.78 Å². The molecule has 16 heavy (non-hydrogen) atoms. The summed E-state index contributed by atoms with van der Waals surface area (Å²) in [5.74, 6) is 0. The van der Waals surface area contributed by atoms with Crippen molar-refractivity contribution in [3.8, 4) is 5.69 Å².